The Labute approximate surface area is 153 Å². The van der Waals surface area contributed by atoms with E-state index in [1.807, 2.05) is 12.1 Å². The van der Waals surface area contributed by atoms with E-state index in [0.717, 1.165) is 43.2 Å². The molecule has 0 bridgehead atoms. The second-order valence-electron chi connectivity index (χ2n) is 7.10. The molecule has 3 rings (SSSR count). The maximum atomic E-state index is 12.9. The first-order valence-electron chi connectivity index (χ1n) is 9.21. The smallest absolute Gasteiger partial charge is 0.220 e. The molecule has 1 aromatic carbocycles. The van der Waals surface area contributed by atoms with Crippen molar-refractivity contribution in [2.75, 3.05) is 0 Å². The van der Waals surface area contributed by atoms with Gasteiger partial charge in [0.15, 0.2) is 0 Å². The van der Waals surface area contributed by atoms with Gasteiger partial charge in [-0.15, -0.1) is 0 Å². The molecule has 1 amide bonds. The quantitative estimate of drug-likeness (QED) is 0.764. The Morgan fingerprint density at radius 1 is 1.15 bits per heavy atom. The van der Waals surface area contributed by atoms with Crippen molar-refractivity contribution in [1.29, 1.82) is 0 Å². The van der Waals surface area contributed by atoms with Gasteiger partial charge in [0.1, 0.15) is 5.82 Å². The molecule has 138 valence electrons. The van der Waals surface area contributed by atoms with Crippen molar-refractivity contribution < 1.29 is 14.3 Å². The third-order valence-electron chi connectivity index (χ3n) is 5.05. The summed E-state index contributed by atoms with van der Waals surface area (Å²) < 4.78 is 12.9. The van der Waals surface area contributed by atoms with Crippen LogP contribution in [0.25, 0.3) is 0 Å². The lowest BCUT2D eigenvalue weighted by Gasteiger charge is -2.38. The van der Waals surface area contributed by atoms with Crippen LogP contribution < -0.4 is 5.32 Å². The van der Waals surface area contributed by atoms with Crippen molar-refractivity contribution in [3.8, 4) is 0 Å². The van der Waals surface area contributed by atoms with Crippen LogP contribution in [0.5, 0.6) is 0 Å². The van der Waals surface area contributed by atoms with Crippen molar-refractivity contribution in [2.45, 2.75) is 50.7 Å². The Balaban J connectivity index is 1.49. The molecule has 1 heterocycles. The number of aryl methyl sites for hydroxylation is 1. The Bertz CT molecular complexity index is 700. The number of hydrogen-bond donors (Lipinski definition) is 2. The summed E-state index contributed by atoms with van der Waals surface area (Å²) in [6.07, 6.45) is 7.44. The third-order valence-corrected chi connectivity index (χ3v) is 5.05. The fourth-order valence-electron chi connectivity index (χ4n) is 3.45. The summed E-state index contributed by atoms with van der Waals surface area (Å²) in [5, 5.41) is 12.8. The molecule has 0 spiro atoms. The number of aliphatic hydroxyl groups excluding tert-OH is 1. The molecule has 1 aliphatic rings. The van der Waals surface area contributed by atoms with E-state index in [4.69, 9.17) is 0 Å². The van der Waals surface area contributed by atoms with Gasteiger partial charge in [0, 0.05) is 24.9 Å². The predicted octanol–water partition coefficient (Wildman–Crippen LogP) is 3.04. The van der Waals surface area contributed by atoms with Gasteiger partial charge in [-0.3, -0.25) is 9.78 Å². The maximum Gasteiger partial charge on any atom is 0.220 e. The molecule has 1 fully saturated rings. The summed E-state index contributed by atoms with van der Waals surface area (Å²) in [6.45, 7) is 0. The lowest BCUT2D eigenvalue weighted by Crippen LogP contribution is -2.48. The topological polar surface area (TPSA) is 62.2 Å². The predicted molar refractivity (Wildman–Crippen MR) is 97.9 cm³/mol. The zero-order chi connectivity index (χ0) is 18.4. The number of aromatic nitrogens is 1. The normalized spacial score (nSPS) is 20.2. The molecule has 2 aromatic rings. The molecule has 2 N–H and O–H groups in total. The van der Waals surface area contributed by atoms with Crippen LogP contribution >= 0.6 is 0 Å². The van der Waals surface area contributed by atoms with Gasteiger partial charge in [0.05, 0.1) is 6.10 Å². The highest BCUT2D eigenvalue weighted by molar-refractivity contribution is 5.76. The van der Waals surface area contributed by atoms with Gasteiger partial charge >= 0.3 is 0 Å². The molecule has 0 aliphatic heterocycles. The van der Waals surface area contributed by atoms with Crippen LogP contribution in [0.1, 0.15) is 36.8 Å². The van der Waals surface area contributed by atoms with Gasteiger partial charge in [-0.1, -0.05) is 12.1 Å². The summed E-state index contributed by atoms with van der Waals surface area (Å²) in [4.78, 5) is 16.4. The molecule has 0 saturated heterocycles. The minimum Gasteiger partial charge on any atom is -0.393 e. The monoisotopic (exact) mass is 356 g/mol. The number of aliphatic hydroxyl groups is 1. The Morgan fingerprint density at radius 3 is 2.50 bits per heavy atom. The molecule has 0 radical (unpaired) electrons. The van der Waals surface area contributed by atoms with E-state index in [2.05, 4.69) is 10.3 Å². The first kappa shape index (κ1) is 18.5. The summed E-state index contributed by atoms with van der Waals surface area (Å²) in [7, 11) is 0. The van der Waals surface area contributed by atoms with Gasteiger partial charge in [0.2, 0.25) is 5.91 Å². The molecule has 1 atom stereocenters. The number of halogens is 1. The zero-order valence-electron chi connectivity index (χ0n) is 14.8. The largest absolute Gasteiger partial charge is 0.393 e. The van der Waals surface area contributed by atoms with Gasteiger partial charge in [-0.2, -0.15) is 0 Å². The maximum absolute atomic E-state index is 12.9. The molecule has 1 unspecified atom stereocenters. The molecule has 5 heteroatoms. The number of nitrogens with one attached hydrogen (secondary N) is 1. The third kappa shape index (κ3) is 5.36. The lowest BCUT2D eigenvalue weighted by molar-refractivity contribution is -0.123. The average molecular weight is 356 g/mol. The number of amides is 1. The number of nitrogens with zero attached hydrogens (tertiary/aromatic N) is 1. The van der Waals surface area contributed by atoms with Crippen LogP contribution in [-0.4, -0.2) is 28.1 Å². The van der Waals surface area contributed by atoms with E-state index in [0.29, 0.717) is 12.3 Å². The SMILES string of the molecule is O=C(CCCc1ccc(F)cc1)NC(Cc1ccncc1)C1CC(O)C1. The molecular weight excluding hydrogens is 331 g/mol. The minimum absolute atomic E-state index is 0.0348. The fraction of sp³-hybridized carbons (Fsp3) is 0.429. The van der Waals surface area contributed by atoms with E-state index < -0.39 is 0 Å². The number of rotatable bonds is 8. The molecule has 26 heavy (non-hydrogen) atoms. The summed E-state index contributed by atoms with van der Waals surface area (Å²) in [5.74, 6) is 0.111. The Hall–Kier alpha value is -2.27. The molecule has 1 aromatic heterocycles. The van der Waals surface area contributed by atoms with Crippen LogP contribution in [0.2, 0.25) is 0 Å². The van der Waals surface area contributed by atoms with Gasteiger partial charge in [-0.25, -0.2) is 4.39 Å². The molecule has 1 saturated carbocycles. The number of carbonyl (C=O) groups excluding carboxylic acids is 1. The van der Waals surface area contributed by atoms with E-state index >= 15 is 0 Å². The highest BCUT2D eigenvalue weighted by Crippen LogP contribution is 2.31. The van der Waals surface area contributed by atoms with Crippen LogP contribution in [0.15, 0.2) is 48.8 Å². The van der Waals surface area contributed by atoms with Gasteiger partial charge in [-0.05, 0) is 73.4 Å². The van der Waals surface area contributed by atoms with Crippen LogP contribution in [0.4, 0.5) is 4.39 Å². The second kappa shape index (κ2) is 8.90. The number of pyridine rings is 1. The highest BCUT2D eigenvalue weighted by atomic mass is 19.1. The zero-order valence-corrected chi connectivity index (χ0v) is 14.8. The minimum atomic E-state index is -0.242. The van der Waals surface area contributed by atoms with Crippen molar-refractivity contribution in [2.24, 2.45) is 5.92 Å². The van der Waals surface area contributed by atoms with Crippen LogP contribution in [-0.2, 0) is 17.6 Å². The number of carbonyl (C=O) groups is 1. The fourth-order valence-corrected chi connectivity index (χ4v) is 3.45. The molecule has 4 nitrogen and oxygen atoms in total. The van der Waals surface area contributed by atoms with Crippen LogP contribution in [0, 0.1) is 11.7 Å². The standard InChI is InChI=1S/C21H25FN2O2/c22-18-6-4-15(5-7-18)2-1-3-21(26)24-20(17-13-19(25)14-17)12-16-8-10-23-11-9-16/h4-11,17,19-20,25H,1-3,12-14H2,(H,24,26). The molecule has 1 aliphatic carbocycles. The Kier molecular flexibility index (Phi) is 6.34. The van der Waals surface area contributed by atoms with Crippen molar-refractivity contribution in [3.63, 3.8) is 0 Å². The number of benzene rings is 1. The van der Waals surface area contributed by atoms with Crippen LogP contribution in [0.3, 0.4) is 0 Å². The van der Waals surface area contributed by atoms with Gasteiger partial charge in [0.25, 0.3) is 0 Å². The van der Waals surface area contributed by atoms with E-state index in [1.54, 1.807) is 24.5 Å². The summed E-state index contributed by atoms with van der Waals surface area (Å²) >= 11 is 0. The Morgan fingerprint density at radius 2 is 1.85 bits per heavy atom. The first-order valence-corrected chi connectivity index (χ1v) is 9.21. The molecular formula is C21H25FN2O2. The van der Waals surface area contributed by atoms with Crippen molar-refractivity contribution >= 4 is 5.91 Å². The lowest BCUT2D eigenvalue weighted by atomic mass is 9.75. The number of hydrogen-bond acceptors (Lipinski definition) is 3. The average Bonchev–Trinajstić information content (AvgIpc) is 2.61. The first-order chi connectivity index (χ1) is 12.6. The summed E-state index contributed by atoms with van der Waals surface area (Å²) in [6, 6.07) is 10.4. The second-order valence-corrected chi connectivity index (χ2v) is 7.10. The summed E-state index contributed by atoms with van der Waals surface area (Å²) in [5.41, 5.74) is 2.17. The van der Waals surface area contributed by atoms with Crippen molar-refractivity contribution in [3.05, 3.63) is 65.7 Å². The van der Waals surface area contributed by atoms with Gasteiger partial charge < -0.3 is 10.4 Å². The van der Waals surface area contributed by atoms with E-state index in [9.17, 15) is 14.3 Å². The van der Waals surface area contributed by atoms with E-state index in [1.165, 1.54) is 12.1 Å². The van der Waals surface area contributed by atoms with Crippen molar-refractivity contribution in [1.82, 2.24) is 10.3 Å². The highest BCUT2D eigenvalue weighted by Gasteiger charge is 2.34. The van der Waals surface area contributed by atoms with E-state index in [-0.39, 0.29) is 23.9 Å².